The zero-order chi connectivity index (χ0) is 10.8. The lowest BCUT2D eigenvalue weighted by atomic mass is 9.92. The number of hydrogen-bond donors (Lipinski definition) is 3. The van der Waals surface area contributed by atoms with Crippen LogP contribution in [0.4, 0.5) is 0 Å². The number of carbonyl (C=O) groups is 1. The highest BCUT2D eigenvalue weighted by atomic mass is 16.4. The highest BCUT2D eigenvalue weighted by molar-refractivity contribution is 5.68. The fraction of sp³-hybridized carbons (Fsp3) is 0.300. The molecule has 0 bridgehead atoms. The molecule has 1 atom stereocenters. The topological polar surface area (TPSA) is 77.8 Å². The summed E-state index contributed by atoms with van der Waals surface area (Å²) in [5, 5.41) is 27.5. The van der Waals surface area contributed by atoms with Crippen molar-refractivity contribution in [3.63, 3.8) is 0 Å². The van der Waals surface area contributed by atoms with Gasteiger partial charge in [0.1, 0.15) is 5.75 Å². The van der Waals surface area contributed by atoms with Gasteiger partial charge in [-0.15, -0.1) is 0 Å². The lowest BCUT2D eigenvalue weighted by Crippen LogP contribution is -2.24. The summed E-state index contributed by atoms with van der Waals surface area (Å²) >= 11 is 0. The predicted molar refractivity (Wildman–Crippen MR) is 49.9 cm³/mol. The zero-order valence-corrected chi connectivity index (χ0v) is 7.77. The summed E-state index contributed by atoms with van der Waals surface area (Å²) in [7, 11) is 0. The predicted octanol–water partition coefficient (Wildman–Crippen LogP) is 1.07. The Bertz CT molecular complexity index is 344. The van der Waals surface area contributed by atoms with Crippen molar-refractivity contribution in [1.82, 2.24) is 0 Å². The van der Waals surface area contributed by atoms with Crippen LogP contribution in [0.1, 0.15) is 18.9 Å². The molecule has 3 N–H and O–H groups in total. The van der Waals surface area contributed by atoms with Crippen LogP contribution in [-0.2, 0) is 10.4 Å². The Morgan fingerprint density at radius 1 is 1.50 bits per heavy atom. The van der Waals surface area contributed by atoms with Crippen LogP contribution < -0.4 is 0 Å². The Balaban J connectivity index is 2.97. The number of carboxylic acid groups (broad SMARTS) is 1. The number of carboxylic acids is 1. The molecule has 0 aliphatic heterocycles. The summed E-state index contributed by atoms with van der Waals surface area (Å²) in [6.07, 6.45) is -0.392. The Morgan fingerprint density at radius 3 is 2.64 bits per heavy atom. The largest absolute Gasteiger partial charge is 0.508 e. The summed E-state index contributed by atoms with van der Waals surface area (Å²) in [6, 6.07) is 5.94. The Hall–Kier alpha value is -1.55. The molecule has 0 aromatic heterocycles. The van der Waals surface area contributed by atoms with Gasteiger partial charge in [-0.3, -0.25) is 4.79 Å². The number of hydrogen-bond acceptors (Lipinski definition) is 3. The molecule has 0 radical (unpaired) electrons. The van der Waals surface area contributed by atoms with Crippen molar-refractivity contribution in [2.75, 3.05) is 0 Å². The van der Waals surface area contributed by atoms with Crippen molar-refractivity contribution >= 4 is 5.97 Å². The van der Waals surface area contributed by atoms with Crippen molar-refractivity contribution in [3.8, 4) is 5.75 Å². The second-order valence-corrected chi connectivity index (χ2v) is 3.39. The van der Waals surface area contributed by atoms with E-state index in [9.17, 15) is 9.90 Å². The molecular formula is C10H12O4. The molecule has 1 aromatic carbocycles. The summed E-state index contributed by atoms with van der Waals surface area (Å²) < 4.78 is 0. The molecule has 0 heterocycles. The molecule has 0 aliphatic rings. The van der Waals surface area contributed by atoms with Crippen molar-refractivity contribution in [2.24, 2.45) is 0 Å². The van der Waals surface area contributed by atoms with Gasteiger partial charge in [0.2, 0.25) is 0 Å². The molecule has 0 aliphatic carbocycles. The molecule has 1 rings (SSSR count). The SMILES string of the molecule is CC(O)(CC(=O)O)c1cccc(O)c1. The molecule has 1 unspecified atom stereocenters. The smallest absolute Gasteiger partial charge is 0.306 e. The van der Waals surface area contributed by atoms with E-state index < -0.39 is 18.0 Å². The van der Waals surface area contributed by atoms with E-state index in [1.807, 2.05) is 0 Å². The van der Waals surface area contributed by atoms with Crippen molar-refractivity contribution in [1.29, 1.82) is 0 Å². The minimum Gasteiger partial charge on any atom is -0.508 e. The molecule has 0 spiro atoms. The Labute approximate surface area is 81.4 Å². The van der Waals surface area contributed by atoms with Gasteiger partial charge in [-0.25, -0.2) is 0 Å². The van der Waals surface area contributed by atoms with Gasteiger partial charge >= 0.3 is 5.97 Å². The molecule has 0 amide bonds. The highest BCUT2D eigenvalue weighted by Gasteiger charge is 2.26. The lowest BCUT2D eigenvalue weighted by molar-refractivity contribution is -0.142. The fourth-order valence-corrected chi connectivity index (χ4v) is 1.24. The quantitative estimate of drug-likeness (QED) is 0.675. The molecule has 4 nitrogen and oxygen atoms in total. The first kappa shape index (κ1) is 10.5. The molecule has 0 fully saturated rings. The maximum absolute atomic E-state index is 10.5. The van der Waals surface area contributed by atoms with E-state index >= 15 is 0 Å². The number of rotatable bonds is 3. The normalized spacial score (nSPS) is 14.7. The number of aliphatic carboxylic acids is 1. The van der Waals surface area contributed by atoms with E-state index in [1.165, 1.54) is 19.1 Å². The zero-order valence-electron chi connectivity index (χ0n) is 7.77. The van der Waals surface area contributed by atoms with E-state index in [4.69, 9.17) is 10.2 Å². The first-order valence-electron chi connectivity index (χ1n) is 4.15. The third-order valence-electron chi connectivity index (χ3n) is 1.96. The second-order valence-electron chi connectivity index (χ2n) is 3.39. The molecule has 1 aromatic rings. The van der Waals surface area contributed by atoms with Crippen LogP contribution in [0.25, 0.3) is 0 Å². The van der Waals surface area contributed by atoms with Gasteiger partial charge in [0.15, 0.2) is 0 Å². The maximum Gasteiger partial charge on any atom is 0.306 e. The monoisotopic (exact) mass is 196 g/mol. The van der Waals surface area contributed by atoms with Gasteiger partial charge in [-0.1, -0.05) is 12.1 Å². The highest BCUT2D eigenvalue weighted by Crippen LogP contribution is 2.26. The van der Waals surface area contributed by atoms with E-state index in [1.54, 1.807) is 12.1 Å². The standard InChI is InChI=1S/C10H12O4/c1-10(14,6-9(12)13)7-3-2-4-8(11)5-7/h2-5,11,14H,6H2,1H3,(H,12,13). The molecule has 0 saturated carbocycles. The van der Waals surface area contributed by atoms with Gasteiger partial charge in [0.25, 0.3) is 0 Å². The minimum atomic E-state index is -1.45. The summed E-state index contributed by atoms with van der Waals surface area (Å²) in [6.45, 7) is 1.40. The Kier molecular flexibility index (Phi) is 2.76. The van der Waals surface area contributed by atoms with Gasteiger partial charge < -0.3 is 15.3 Å². The van der Waals surface area contributed by atoms with Gasteiger partial charge in [0, 0.05) is 0 Å². The second kappa shape index (κ2) is 3.67. The van der Waals surface area contributed by atoms with Crippen molar-refractivity contribution < 1.29 is 20.1 Å². The number of phenolic OH excluding ortho intramolecular Hbond substituents is 1. The Morgan fingerprint density at radius 2 is 2.14 bits per heavy atom. The van der Waals surface area contributed by atoms with Crippen molar-refractivity contribution in [2.45, 2.75) is 18.9 Å². The summed E-state index contributed by atoms with van der Waals surface area (Å²) in [5.41, 5.74) is -1.06. The maximum atomic E-state index is 10.5. The van der Waals surface area contributed by atoms with Crippen LogP contribution in [0.3, 0.4) is 0 Å². The average molecular weight is 196 g/mol. The first-order chi connectivity index (χ1) is 6.42. The number of aliphatic hydroxyl groups is 1. The van der Waals surface area contributed by atoms with Crippen LogP contribution in [0.5, 0.6) is 5.75 Å². The summed E-state index contributed by atoms with van der Waals surface area (Å²) in [5.74, 6) is -1.08. The van der Waals surface area contributed by atoms with E-state index in [2.05, 4.69) is 0 Å². The van der Waals surface area contributed by atoms with Crippen molar-refractivity contribution in [3.05, 3.63) is 29.8 Å². The number of aromatic hydroxyl groups is 1. The van der Waals surface area contributed by atoms with Gasteiger partial charge in [0.05, 0.1) is 12.0 Å². The molecule has 4 heteroatoms. The third-order valence-corrected chi connectivity index (χ3v) is 1.96. The molecule has 14 heavy (non-hydrogen) atoms. The van der Waals surface area contributed by atoms with Crippen LogP contribution in [0.2, 0.25) is 0 Å². The first-order valence-corrected chi connectivity index (χ1v) is 4.15. The average Bonchev–Trinajstić information content (AvgIpc) is 2.01. The number of phenols is 1. The van der Waals surface area contributed by atoms with Crippen LogP contribution >= 0.6 is 0 Å². The van der Waals surface area contributed by atoms with Crippen LogP contribution in [-0.4, -0.2) is 21.3 Å². The van der Waals surface area contributed by atoms with Crippen LogP contribution in [0, 0.1) is 0 Å². The van der Waals surface area contributed by atoms with E-state index in [0.717, 1.165) is 0 Å². The third kappa shape index (κ3) is 2.47. The lowest BCUT2D eigenvalue weighted by Gasteiger charge is -2.21. The number of benzene rings is 1. The fourth-order valence-electron chi connectivity index (χ4n) is 1.24. The van der Waals surface area contributed by atoms with E-state index in [-0.39, 0.29) is 5.75 Å². The van der Waals surface area contributed by atoms with Gasteiger partial charge in [-0.05, 0) is 24.6 Å². The van der Waals surface area contributed by atoms with Crippen LogP contribution in [0.15, 0.2) is 24.3 Å². The summed E-state index contributed by atoms with van der Waals surface area (Å²) in [4.78, 5) is 10.5. The molecule has 76 valence electrons. The molecular weight excluding hydrogens is 184 g/mol. The van der Waals surface area contributed by atoms with Gasteiger partial charge in [-0.2, -0.15) is 0 Å². The minimum absolute atomic E-state index is 0.00756. The molecule has 0 saturated heterocycles. The van der Waals surface area contributed by atoms with E-state index in [0.29, 0.717) is 5.56 Å².